The van der Waals surface area contributed by atoms with Gasteiger partial charge in [0.15, 0.2) is 5.65 Å². The molecule has 1 aromatic carbocycles. The molecule has 0 spiro atoms. The predicted octanol–water partition coefficient (Wildman–Crippen LogP) is 1.62. The minimum atomic E-state index is -0.854. The molecule has 0 saturated heterocycles. The molecule has 0 radical (unpaired) electrons. The van der Waals surface area contributed by atoms with Crippen molar-refractivity contribution in [3.05, 3.63) is 42.7 Å². The van der Waals surface area contributed by atoms with Crippen molar-refractivity contribution in [2.45, 2.75) is 6.42 Å². The van der Waals surface area contributed by atoms with Crippen molar-refractivity contribution in [3.63, 3.8) is 0 Å². The maximum atomic E-state index is 10.6. The number of anilines is 1. The van der Waals surface area contributed by atoms with Gasteiger partial charge in [0.2, 0.25) is 0 Å². The summed E-state index contributed by atoms with van der Waals surface area (Å²) in [7, 11) is 0. The molecule has 3 rings (SSSR count). The largest absolute Gasteiger partial charge is 0.492 e. The van der Waals surface area contributed by atoms with Gasteiger partial charge in [0, 0.05) is 24.8 Å². The second kappa shape index (κ2) is 7.63. The standard InChI is InChI=1S/C17H19N5O3/c18-6-9-25-13-3-1-2-12(10-13)14-11-20-22-8-5-15(21-17(14)22)19-7-4-16(23)24/h1-3,5,8,10-11H,4,6-7,9,18H2,(H,19,21)(H,23,24). The third-order valence-electron chi connectivity index (χ3n) is 3.55. The van der Waals surface area contributed by atoms with Gasteiger partial charge < -0.3 is 20.9 Å². The van der Waals surface area contributed by atoms with E-state index in [1.807, 2.05) is 24.3 Å². The Hall–Kier alpha value is -3.13. The zero-order valence-corrected chi connectivity index (χ0v) is 13.6. The van der Waals surface area contributed by atoms with Gasteiger partial charge in [-0.05, 0) is 23.8 Å². The van der Waals surface area contributed by atoms with Crippen LogP contribution in [0.5, 0.6) is 5.75 Å². The van der Waals surface area contributed by atoms with E-state index < -0.39 is 5.97 Å². The molecule has 0 aliphatic rings. The molecule has 25 heavy (non-hydrogen) atoms. The molecule has 0 aliphatic heterocycles. The third-order valence-corrected chi connectivity index (χ3v) is 3.55. The van der Waals surface area contributed by atoms with Crippen LogP contribution in [0.1, 0.15) is 6.42 Å². The van der Waals surface area contributed by atoms with Crippen LogP contribution in [0.4, 0.5) is 5.82 Å². The minimum absolute atomic E-state index is 0.0273. The average molecular weight is 341 g/mol. The van der Waals surface area contributed by atoms with Crippen molar-refractivity contribution < 1.29 is 14.6 Å². The number of carboxylic acids is 1. The number of fused-ring (bicyclic) bond motifs is 1. The van der Waals surface area contributed by atoms with Crippen LogP contribution >= 0.6 is 0 Å². The molecule has 2 aromatic heterocycles. The number of carboxylic acid groups (broad SMARTS) is 1. The summed E-state index contributed by atoms with van der Waals surface area (Å²) in [6, 6.07) is 9.40. The van der Waals surface area contributed by atoms with E-state index >= 15 is 0 Å². The van der Waals surface area contributed by atoms with Gasteiger partial charge in [-0.3, -0.25) is 4.79 Å². The summed E-state index contributed by atoms with van der Waals surface area (Å²) >= 11 is 0. The summed E-state index contributed by atoms with van der Waals surface area (Å²) in [5, 5.41) is 16.0. The molecule has 0 atom stereocenters. The van der Waals surface area contributed by atoms with E-state index in [1.54, 1.807) is 23.0 Å². The van der Waals surface area contributed by atoms with E-state index in [2.05, 4.69) is 15.4 Å². The quantitative estimate of drug-likeness (QED) is 0.570. The molecule has 4 N–H and O–H groups in total. The van der Waals surface area contributed by atoms with E-state index in [1.165, 1.54) is 0 Å². The van der Waals surface area contributed by atoms with Gasteiger partial charge in [-0.2, -0.15) is 5.10 Å². The Morgan fingerprint density at radius 3 is 3.04 bits per heavy atom. The fourth-order valence-corrected chi connectivity index (χ4v) is 2.40. The van der Waals surface area contributed by atoms with Crippen LogP contribution in [0.2, 0.25) is 0 Å². The number of benzene rings is 1. The first kappa shape index (κ1) is 16.7. The van der Waals surface area contributed by atoms with Crippen LogP contribution in [0, 0.1) is 0 Å². The smallest absolute Gasteiger partial charge is 0.305 e. The number of ether oxygens (including phenoxy) is 1. The number of hydrogen-bond acceptors (Lipinski definition) is 6. The Balaban J connectivity index is 1.87. The lowest BCUT2D eigenvalue weighted by Gasteiger charge is -2.07. The number of nitrogens with two attached hydrogens (primary N) is 1. The van der Waals surface area contributed by atoms with Gasteiger partial charge in [-0.15, -0.1) is 0 Å². The van der Waals surface area contributed by atoms with Gasteiger partial charge in [-0.1, -0.05) is 12.1 Å². The Kier molecular flexibility index (Phi) is 5.10. The Morgan fingerprint density at radius 1 is 1.36 bits per heavy atom. The van der Waals surface area contributed by atoms with Crippen molar-refractivity contribution in [1.82, 2.24) is 14.6 Å². The summed E-state index contributed by atoms with van der Waals surface area (Å²) in [6.07, 6.45) is 3.55. The number of aliphatic carboxylic acids is 1. The second-order valence-corrected chi connectivity index (χ2v) is 5.37. The van der Waals surface area contributed by atoms with Crippen molar-refractivity contribution in [2.75, 3.05) is 25.0 Å². The molecule has 3 aromatic rings. The topological polar surface area (TPSA) is 115 Å². The predicted molar refractivity (Wildman–Crippen MR) is 93.7 cm³/mol. The van der Waals surface area contributed by atoms with Gasteiger partial charge >= 0.3 is 5.97 Å². The summed E-state index contributed by atoms with van der Waals surface area (Å²) < 4.78 is 7.24. The zero-order valence-electron chi connectivity index (χ0n) is 13.6. The lowest BCUT2D eigenvalue weighted by atomic mass is 10.1. The summed E-state index contributed by atoms with van der Waals surface area (Å²) in [5.41, 5.74) is 7.94. The first-order valence-corrected chi connectivity index (χ1v) is 7.91. The van der Waals surface area contributed by atoms with Gasteiger partial charge in [0.05, 0.1) is 12.6 Å². The summed E-state index contributed by atoms with van der Waals surface area (Å²) in [6.45, 7) is 1.21. The van der Waals surface area contributed by atoms with E-state index in [4.69, 9.17) is 15.6 Å². The number of aromatic nitrogens is 3. The zero-order chi connectivity index (χ0) is 17.6. The highest BCUT2D eigenvalue weighted by atomic mass is 16.5. The summed E-state index contributed by atoms with van der Waals surface area (Å²) in [4.78, 5) is 15.1. The average Bonchev–Trinajstić information content (AvgIpc) is 3.03. The number of carbonyl (C=O) groups is 1. The van der Waals surface area contributed by atoms with Gasteiger partial charge in [0.1, 0.15) is 18.2 Å². The molecular weight excluding hydrogens is 322 g/mol. The fourth-order valence-electron chi connectivity index (χ4n) is 2.40. The molecule has 130 valence electrons. The normalized spacial score (nSPS) is 10.8. The number of nitrogens with zero attached hydrogens (tertiary/aromatic N) is 3. The van der Waals surface area contributed by atoms with Crippen molar-refractivity contribution in [2.24, 2.45) is 5.73 Å². The van der Waals surface area contributed by atoms with Crippen LogP contribution in [0.15, 0.2) is 42.7 Å². The number of nitrogens with one attached hydrogen (secondary N) is 1. The number of hydrogen-bond donors (Lipinski definition) is 3. The number of rotatable bonds is 8. The molecule has 0 fully saturated rings. The van der Waals surface area contributed by atoms with E-state index in [-0.39, 0.29) is 6.42 Å². The molecule has 0 aliphatic carbocycles. The maximum absolute atomic E-state index is 10.6. The highest BCUT2D eigenvalue weighted by Gasteiger charge is 2.10. The molecule has 2 heterocycles. The first-order valence-electron chi connectivity index (χ1n) is 7.91. The Bertz CT molecular complexity index is 878. The monoisotopic (exact) mass is 341 g/mol. The fraction of sp³-hybridized carbons (Fsp3) is 0.235. The Morgan fingerprint density at radius 2 is 2.24 bits per heavy atom. The Labute approximate surface area is 144 Å². The highest BCUT2D eigenvalue weighted by Crippen LogP contribution is 2.27. The minimum Gasteiger partial charge on any atom is -0.492 e. The van der Waals surface area contributed by atoms with E-state index in [0.29, 0.717) is 31.2 Å². The first-order chi connectivity index (χ1) is 12.2. The van der Waals surface area contributed by atoms with Crippen molar-refractivity contribution >= 4 is 17.4 Å². The SMILES string of the molecule is NCCOc1cccc(-c2cnn3ccc(NCCC(=O)O)nc23)c1. The van der Waals surface area contributed by atoms with Crippen LogP contribution in [-0.2, 0) is 4.79 Å². The molecule has 0 saturated carbocycles. The summed E-state index contributed by atoms with van der Waals surface area (Å²) in [5.74, 6) is 0.483. The van der Waals surface area contributed by atoms with Gasteiger partial charge in [0.25, 0.3) is 0 Å². The van der Waals surface area contributed by atoms with E-state index in [9.17, 15) is 4.79 Å². The van der Waals surface area contributed by atoms with Crippen LogP contribution in [0.25, 0.3) is 16.8 Å². The second-order valence-electron chi connectivity index (χ2n) is 5.37. The molecule has 0 bridgehead atoms. The molecule has 0 unspecified atom stereocenters. The lowest BCUT2D eigenvalue weighted by molar-refractivity contribution is -0.136. The van der Waals surface area contributed by atoms with Crippen LogP contribution in [-0.4, -0.2) is 45.4 Å². The third kappa shape index (κ3) is 4.04. The van der Waals surface area contributed by atoms with E-state index in [0.717, 1.165) is 16.9 Å². The highest BCUT2D eigenvalue weighted by molar-refractivity contribution is 5.78. The van der Waals surface area contributed by atoms with Crippen molar-refractivity contribution in [1.29, 1.82) is 0 Å². The molecule has 8 heteroatoms. The molecular formula is C17H19N5O3. The van der Waals surface area contributed by atoms with Crippen molar-refractivity contribution in [3.8, 4) is 16.9 Å². The molecule has 8 nitrogen and oxygen atoms in total. The van der Waals surface area contributed by atoms with Gasteiger partial charge in [-0.25, -0.2) is 9.50 Å². The van der Waals surface area contributed by atoms with Crippen LogP contribution < -0.4 is 15.8 Å². The lowest BCUT2D eigenvalue weighted by Crippen LogP contribution is -2.10. The maximum Gasteiger partial charge on any atom is 0.305 e. The molecule has 0 amide bonds. The van der Waals surface area contributed by atoms with Crippen LogP contribution in [0.3, 0.4) is 0 Å².